The van der Waals surface area contributed by atoms with Crippen molar-refractivity contribution in [1.29, 1.82) is 0 Å². The number of aliphatic imine (C=N–C) groups is 2. The molecule has 0 aromatic heterocycles. The first-order valence-electron chi connectivity index (χ1n) is 43.2. The lowest BCUT2D eigenvalue weighted by molar-refractivity contribution is 0.0724. The second kappa shape index (κ2) is 61.1. The zero-order chi connectivity index (χ0) is 75.2. The van der Waals surface area contributed by atoms with Crippen molar-refractivity contribution in [2.75, 3.05) is 39.6 Å². The van der Waals surface area contributed by atoms with Gasteiger partial charge in [0.15, 0.2) is 23.0 Å². The molecule has 5 rings (SSSR count). The summed E-state index contributed by atoms with van der Waals surface area (Å²) in [6.45, 7) is 16.8. The number of esters is 2. The van der Waals surface area contributed by atoms with Gasteiger partial charge in [-0.25, -0.2) is 9.59 Å². The zero-order valence-electron chi connectivity index (χ0n) is 67.6. The van der Waals surface area contributed by atoms with Crippen LogP contribution in [0.2, 0.25) is 0 Å². The molecule has 5 aromatic carbocycles. The van der Waals surface area contributed by atoms with E-state index in [0.29, 0.717) is 108 Å². The minimum atomic E-state index is -0.499. The van der Waals surface area contributed by atoms with Crippen molar-refractivity contribution in [2.45, 2.75) is 350 Å². The molecule has 106 heavy (non-hydrogen) atoms. The van der Waals surface area contributed by atoms with E-state index in [-0.39, 0.29) is 0 Å². The normalized spacial score (nSPS) is 11.5. The van der Waals surface area contributed by atoms with Crippen molar-refractivity contribution in [3.8, 4) is 46.0 Å². The van der Waals surface area contributed by atoms with Crippen LogP contribution in [0.25, 0.3) is 0 Å². The maximum atomic E-state index is 14.1. The van der Waals surface area contributed by atoms with Gasteiger partial charge in [0.05, 0.1) is 62.1 Å². The Morgan fingerprint density at radius 2 is 0.491 bits per heavy atom. The highest BCUT2D eigenvalue weighted by atomic mass is 16.6. The maximum absolute atomic E-state index is 14.1. The van der Waals surface area contributed by atoms with Crippen LogP contribution in [0.3, 0.4) is 0 Å². The number of unbranched alkanes of at least 4 members (excludes halogenated alkanes) is 42. The van der Waals surface area contributed by atoms with Crippen LogP contribution in [0.1, 0.15) is 382 Å². The van der Waals surface area contributed by atoms with E-state index in [2.05, 4.69) is 41.5 Å². The second-order valence-corrected chi connectivity index (χ2v) is 29.5. The smallest absolute Gasteiger partial charge is 0.343 e. The van der Waals surface area contributed by atoms with E-state index in [0.717, 1.165) is 88.2 Å². The van der Waals surface area contributed by atoms with Crippen molar-refractivity contribution in [2.24, 2.45) is 9.98 Å². The van der Waals surface area contributed by atoms with Gasteiger partial charge in [0, 0.05) is 24.6 Å². The van der Waals surface area contributed by atoms with Gasteiger partial charge in [-0.2, -0.15) is 0 Å². The average Bonchev–Trinajstić information content (AvgIpc) is 0.819. The van der Waals surface area contributed by atoms with Crippen molar-refractivity contribution in [3.05, 3.63) is 119 Å². The third kappa shape index (κ3) is 41.5. The molecule has 0 bridgehead atoms. The Morgan fingerprint density at radius 3 is 0.783 bits per heavy atom. The van der Waals surface area contributed by atoms with Crippen molar-refractivity contribution in [3.63, 3.8) is 0 Å². The first kappa shape index (κ1) is 89.8. The van der Waals surface area contributed by atoms with Crippen molar-refractivity contribution in [1.82, 2.24) is 0 Å². The molecule has 0 aliphatic carbocycles. The summed E-state index contributed by atoms with van der Waals surface area (Å²) in [6, 6.07) is 29.4. The highest BCUT2D eigenvalue weighted by molar-refractivity contribution is 5.93. The molecule has 0 N–H and O–H groups in total. The summed E-state index contributed by atoms with van der Waals surface area (Å²) in [6.07, 6.45) is 61.4. The van der Waals surface area contributed by atoms with Crippen LogP contribution < -0.4 is 37.9 Å². The van der Waals surface area contributed by atoms with Crippen LogP contribution in [0.4, 0.5) is 11.4 Å². The highest BCUT2D eigenvalue weighted by Crippen LogP contribution is 2.43. The topological polar surface area (TPSA) is 133 Å². The van der Waals surface area contributed by atoms with E-state index in [1.165, 1.54) is 231 Å². The highest BCUT2D eigenvalue weighted by Gasteiger charge is 2.23. The molecule has 0 atom stereocenters. The van der Waals surface area contributed by atoms with E-state index >= 15 is 0 Å². The van der Waals surface area contributed by atoms with Crippen LogP contribution in [0.15, 0.2) is 107 Å². The Kier molecular flexibility index (Phi) is 51.8. The van der Waals surface area contributed by atoms with Gasteiger partial charge >= 0.3 is 11.9 Å². The molecule has 0 spiro atoms. The first-order chi connectivity index (χ1) is 52.3. The fraction of sp³-hybridized carbons (Fsp3) is 0.638. The molecular weight excluding hydrogens is 1320 g/mol. The number of ether oxygens (including phenoxy) is 8. The van der Waals surface area contributed by atoms with Crippen molar-refractivity contribution < 1.29 is 47.5 Å². The van der Waals surface area contributed by atoms with Crippen LogP contribution in [-0.4, -0.2) is 64.0 Å². The molecule has 12 heteroatoms. The van der Waals surface area contributed by atoms with Crippen LogP contribution >= 0.6 is 0 Å². The number of hydrogen-bond acceptors (Lipinski definition) is 12. The molecule has 0 amide bonds. The summed E-state index contributed by atoms with van der Waals surface area (Å²) in [5.41, 5.74) is 3.97. The number of carbonyl (C=O) groups is 2. The molecule has 5 aromatic rings. The second-order valence-electron chi connectivity index (χ2n) is 29.5. The van der Waals surface area contributed by atoms with Gasteiger partial charge in [-0.1, -0.05) is 335 Å². The Balaban J connectivity index is 1.22. The molecule has 0 fully saturated rings. The third-order valence-corrected chi connectivity index (χ3v) is 19.8. The molecule has 0 aliphatic rings. The summed E-state index contributed by atoms with van der Waals surface area (Å²) in [5, 5.41) is 0. The van der Waals surface area contributed by atoms with Gasteiger partial charge in [-0.05, 0) is 110 Å². The fourth-order valence-corrected chi connectivity index (χ4v) is 13.1. The molecule has 0 radical (unpaired) electrons. The lowest BCUT2D eigenvalue weighted by Gasteiger charge is -2.19. The summed E-state index contributed by atoms with van der Waals surface area (Å²) in [5.74, 6) is 3.11. The van der Waals surface area contributed by atoms with Gasteiger partial charge in [0.1, 0.15) is 11.5 Å². The Labute approximate surface area is 644 Å². The maximum Gasteiger partial charge on any atom is 0.343 e. The minimum absolute atomic E-state index is 0.350. The number of benzene rings is 5. The largest absolute Gasteiger partial charge is 0.490 e. The van der Waals surface area contributed by atoms with E-state index in [1.807, 2.05) is 48.5 Å². The summed E-state index contributed by atoms with van der Waals surface area (Å²) in [4.78, 5) is 37.5. The monoisotopic (exact) mass is 1460 g/mol. The Bertz CT molecular complexity index is 2960. The lowest BCUT2D eigenvalue weighted by atomic mass is 10.1. The van der Waals surface area contributed by atoms with E-state index in [1.54, 1.807) is 61.0 Å². The Morgan fingerprint density at radius 1 is 0.255 bits per heavy atom. The third-order valence-electron chi connectivity index (χ3n) is 19.8. The SMILES string of the molecule is CCCCCCCCCCOc1cc(OC(=O)c2ccc(N=Cc3ccc(C=Nc4ccc(OC(=O)c5cc(OCCCCCCCCCC)c(OCCCCCCCCCC)c(OCCCCCCCCCC)c5)cc4)cc3)cc2)cc(OCCCCCCCCCC)c1OCCCCCCCCCC. The predicted molar refractivity (Wildman–Crippen MR) is 445 cm³/mol. The summed E-state index contributed by atoms with van der Waals surface area (Å²) < 4.78 is 51.5. The van der Waals surface area contributed by atoms with Gasteiger partial charge in [-0.3, -0.25) is 9.98 Å². The van der Waals surface area contributed by atoms with Gasteiger partial charge in [-0.15, -0.1) is 0 Å². The molecule has 0 saturated carbocycles. The van der Waals surface area contributed by atoms with Gasteiger partial charge < -0.3 is 37.9 Å². The molecule has 590 valence electrons. The summed E-state index contributed by atoms with van der Waals surface area (Å²) >= 11 is 0. The molecule has 0 aliphatic heterocycles. The van der Waals surface area contributed by atoms with Crippen molar-refractivity contribution >= 4 is 35.7 Å². The van der Waals surface area contributed by atoms with Gasteiger partial charge in [0.2, 0.25) is 11.5 Å². The standard InChI is InChI=1S/C94H144N2O10/c1-7-13-19-25-31-37-43-49-67-99-87-73-82(74-88(100-68-50-44-38-32-26-20-14-8-2)91(87)103-71-53-47-41-35-29-23-17-11-5)94(98)105-85-65-63-84(64-66-85)96-78-80-57-55-79(56-58-80)77-95-83-61-59-81(60-62-83)93(97)106-86-75-89(101-69-51-45-39-33-27-21-15-9-3)92(104-72-54-48-42-36-30-24-18-12-6)90(76-86)102-70-52-46-40-34-28-22-16-10-4/h55-66,73-78H,7-54,67-72H2,1-6H3. The summed E-state index contributed by atoms with van der Waals surface area (Å²) in [7, 11) is 0. The molecule has 0 unspecified atom stereocenters. The molecular formula is C94H144N2O10. The van der Waals surface area contributed by atoms with Crippen LogP contribution in [0, 0.1) is 0 Å². The Hall–Kier alpha value is -6.82. The zero-order valence-corrected chi connectivity index (χ0v) is 67.6. The number of nitrogens with zero attached hydrogens (tertiary/aromatic N) is 2. The number of hydrogen-bond donors (Lipinski definition) is 0. The van der Waals surface area contributed by atoms with Gasteiger partial charge in [0.25, 0.3) is 0 Å². The van der Waals surface area contributed by atoms with Crippen LogP contribution in [-0.2, 0) is 0 Å². The molecule has 0 heterocycles. The van der Waals surface area contributed by atoms with E-state index in [4.69, 9.17) is 47.9 Å². The molecule has 0 saturated heterocycles. The fourth-order valence-electron chi connectivity index (χ4n) is 13.1. The van der Waals surface area contributed by atoms with Crippen LogP contribution in [0.5, 0.6) is 46.0 Å². The first-order valence-corrected chi connectivity index (χ1v) is 43.2. The number of rotatable bonds is 68. The minimum Gasteiger partial charge on any atom is -0.490 e. The lowest BCUT2D eigenvalue weighted by Crippen LogP contribution is -2.12. The predicted octanol–water partition coefficient (Wildman–Crippen LogP) is 28.7. The quantitative estimate of drug-likeness (QED) is 0.0160. The van der Waals surface area contributed by atoms with E-state index < -0.39 is 11.9 Å². The number of carbonyl (C=O) groups excluding carboxylic acids is 2. The molecule has 12 nitrogen and oxygen atoms in total. The average molecular weight is 1460 g/mol. The van der Waals surface area contributed by atoms with E-state index in [9.17, 15) is 9.59 Å².